The Labute approximate surface area is 233 Å². The van der Waals surface area contributed by atoms with E-state index < -0.39 is 0 Å². The zero-order valence-electron chi connectivity index (χ0n) is 22.7. The van der Waals surface area contributed by atoms with Crippen LogP contribution < -0.4 is 5.32 Å². The van der Waals surface area contributed by atoms with E-state index in [1.807, 2.05) is 30.4 Å². The summed E-state index contributed by atoms with van der Waals surface area (Å²) in [5.41, 5.74) is 6.07. The van der Waals surface area contributed by atoms with E-state index in [9.17, 15) is 9.18 Å². The van der Waals surface area contributed by atoms with Crippen LogP contribution in [0.3, 0.4) is 0 Å². The van der Waals surface area contributed by atoms with E-state index in [0.29, 0.717) is 17.7 Å². The van der Waals surface area contributed by atoms with Gasteiger partial charge in [0.2, 0.25) is 5.91 Å². The summed E-state index contributed by atoms with van der Waals surface area (Å²) in [6.45, 7) is 7.48. The van der Waals surface area contributed by atoms with Crippen molar-refractivity contribution in [2.24, 2.45) is 0 Å². The van der Waals surface area contributed by atoms with Gasteiger partial charge in [-0.1, -0.05) is 54.6 Å². The number of halogens is 1. The first-order valence-electron chi connectivity index (χ1n) is 13.8. The Hall–Kier alpha value is -4.07. The van der Waals surface area contributed by atoms with Crippen molar-refractivity contribution in [1.82, 2.24) is 20.4 Å². The predicted octanol–water partition coefficient (Wildman–Crippen LogP) is 5.78. The van der Waals surface area contributed by atoms with Gasteiger partial charge in [-0.2, -0.15) is 5.10 Å². The lowest BCUT2D eigenvalue weighted by atomic mass is 9.91. The Kier molecular flexibility index (Phi) is 7.32. The van der Waals surface area contributed by atoms with Gasteiger partial charge in [0, 0.05) is 43.1 Å². The third kappa shape index (κ3) is 5.62. The molecule has 1 amide bonds. The van der Waals surface area contributed by atoms with E-state index in [-0.39, 0.29) is 29.9 Å². The second-order valence-corrected chi connectivity index (χ2v) is 10.8. The quantitative estimate of drug-likeness (QED) is 0.307. The number of hydrogen-bond donors (Lipinski definition) is 2. The number of carbonyl (C=O) groups is 1. The molecule has 3 heterocycles. The number of rotatable bonds is 6. The van der Waals surface area contributed by atoms with Crippen LogP contribution in [0.25, 0.3) is 29.1 Å². The summed E-state index contributed by atoms with van der Waals surface area (Å²) in [4.78, 5) is 15.0. The van der Waals surface area contributed by atoms with E-state index >= 15 is 0 Å². The first-order valence-corrected chi connectivity index (χ1v) is 13.8. The van der Waals surface area contributed by atoms with Crippen molar-refractivity contribution in [3.63, 3.8) is 0 Å². The molecule has 2 fully saturated rings. The third-order valence-electron chi connectivity index (χ3n) is 7.64. The molecule has 40 heavy (non-hydrogen) atoms. The van der Waals surface area contributed by atoms with Crippen LogP contribution in [0.15, 0.2) is 72.3 Å². The molecule has 2 aliphatic rings. The smallest absolute Gasteiger partial charge is 0.247 e. The number of morpholine rings is 1. The van der Waals surface area contributed by atoms with Crippen LogP contribution in [0.4, 0.5) is 4.39 Å². The number of benzene rings is 3. The summed E-state index contributed by atoms with van der Waals surface area (Å²) in [6.07, 6.45) is 6.45. The van der Waals surface area contributed by atoms with Crippen molar-refractivity contribution < 1.29 is 13.9 Å². The summed E-state index contributed by atoms with van der Waals surface area (Å²) < 4.78 is 20.3. The molecule has 2 aliphatic heterocycles. The highest BCUT2D eigenvalue weighted by atomic mass is 19.1. The van der Waals surface area contributed by atoms with Gasteiger partial charge in [-0.25, -0.2) is 4.39 Å². The Morgan fingerprint density at radius 3 is 2.52 bits per heavy atom. The number of carbonyl (C=O) groups excluding carboxylic acids is 1. The van der Waals surface area contributed by atoms with Crippen molar-refractivity contribution in [1.29, 1.82) is 0 Å². The normalized spacial score (nSPS) is 22.9. The maximum atomic E-state index is 14.4. The molecule has 0 radical (unpaired) electrons. The monoisotopic (exact) mass is 536 g/mol. The van der Waals surface area contributed by atoms with Gasteiger partial charge in [0.25, 0.3) is 0 Å². The SMILES string of the molecule is C[C@@H]1CN(Cc2ccc(/C=C/c3n[nH]c4cc(C=C5C(=O)NCC5c5ccccc5F)ccc34)cc2)C[C@H](C)O1. The van der Waals surface area contributed by atoms with Crippen LogP contribution in [-0.2, 0) is 16.1 Å². The molecule has 6 nitrogen and oxygen atoms in total. The van der Waals surface area contributed by atoms with Gasteiger partial charge < -0.3 is 10.1 Å². The van der Waals surface area contributed by atoms with Gasteiger partial charge in [0.1, 0.15) is 5.82 Å². The number of H-pyrrole nitrogens is 1. The van der Waals surface area contributed by atoms with Crippen LogP contribution in [0.1, 0.15) is 47.7 Å². The molecule has 0 aliphatic carbocycles. The van der Waals surface area contributed by atoms with Gasteiger partial charge in [-0.05, 0) is 66.5 Å². The number of aromatic nitrogens is 2. The highest BCUT2D eigenvalue weighted by molar-refractivity contribution is 6.02. The van der Waals surface area contributed by atoms with E-state index in [2.05, 4.69) is 64.6 Å². The highest BCUT2D eigenvalue weighted by Crippen LogP contribution is 2.32. The average molecular weight is 537 g/mol. The molecule has 1 aromatic heterocycles. The lowest BCUT2D eigenvalue weighted by Crippen LogP contribution is -2.44. The zero-order chi connectivity index (χ0) is 27.6. The fourth-order valence-corrected chi connectivity index (χ4v) is 5.80. The van der Waals surface area contributed by atoms with Gasteiger partial charge in [-0.3, -0.25) is 14.8 Å². The van der Waals surface area contributed by atoms with Crippen LogP contribution in [0.5, 0.6) is 0 Å². The number of nitrogens with one attached hydrogen (secondary N) is 2. The lowest BCUT2D eigenvalue weighted by Gasteiger charge is -2.35. The van der Waals surface area contributed by atoms with Crippen LogP contribution >= 0.6 is 0 Å². The lowest BCUT2D eigenvalue weighted by molar-refractivity contribution is -0.116. The average Bonchev–Trinajstić information content (AvgIpc) is 3.51. The molecule has 204 valence electrons. The molecular weight excluding hydrogens is 503 g/mol. The molecule has 3 atom stereocenters. The van der Waals surface area contributed by atoms with Gasteiger partial charge >= 0.3 is 0 Å². The van der Waals surface area contributed by atoms with Crippen LogP contribution in [0, 0.1) is 5.82 Å². The van der Waals surface area contributed by atoms with Crippen molar-refractivity contribution in [2.75, 3.05) is 19.6 Å². The van der Waals surface area contributed by atoms with E-state index in [4.69, 9.17) is 4.74 Å². The van der Waals surface area contributed by atoms with Gasteiger partial charge in [0.15, 0.2) is 0 Å². The van der Waals surface area contributed by atoms with E-state index in [0.717, 1.165) is 47.4 Å². The molecule has 2 saturated heterocycles. The van der Waals surface area contributed by atoms with Crippen molar-refractivity contribution in [2.45, 2.75) is 38.5 Å². The molecule has 0 bridgehead atoms. The summed E-state index contributed by atoms with van der Waals surface area (Å²) >= 11 is 0. The van der Waals surface area contributed by atoms with Gasteiger partial charge in [-0.15, -0.1) is 0 Å². The minimum atomic E-state index is -0.322. The minimum absolute atomic E-state index is 0.165. The molecule has 7 heteroatoms. The molecule has 0 saturated carbocycles. The summed E-state index contributed by atoms with van der Waals surface area (Å²) in [5.74, 6) is -0.787. The largest absolute Gasteiger partial charge is 0.373 e. The van der Waals surface area contributed by atoms with E-state index in [1.165, 1.54) is 11.6 Å². The van der Waals surface area contributed by atoms with Crippen LogP contribution in [-0.4, -0.2) is 52.8 Å². The molecule has 2 N–H and O–H groups in total. The summed E-state index contributed by atoms with van der Waals surface area (Å²) in [7, 11) is 0. The zero-order valence-corrected chi connectivity index (χ0v) is 22.7. The molecular formula is C33H33FN4O2. The fourth-order valence-electron chi connectivity index (χ4n) is 5.80. The van der Waals surface area contributed by atoms with Crippen LogP contribution in [0.2, 0.25) is 0 Å². The fraction of sp³-hybridized carbons (Fsp3) is 0.273. The Morgan fingerprint density at radius 2 is 1.75 bits per heavy atom. The Balaban J connectivity index is 1.16. The molecule has 3 aromatic carbocycles. The number of hydrogen-bond acceptors (Lipinski definition) is 4. The first-order chi connectivity index (χ1) is 19.4. The summed E-state index contributed by atoms with van der Waals surface area (Å²) in [6, 6.07) is 21.2. The third-order valence-corrected chi connectivity index (χ3v) is 7.64. The standard InChI is InChI=1S/C33H33FN4O2/c1-21-18-38(19-22(2)40-21)20-24-9-7-23(8-10-24)12-14-31-27-13-11-25(16-32(27)37-36-31)15-28-29(17-35-33(28)39)26-5-3-4-6-30(26)34/h3-16,21-22,29H,17-20H2,1-2H3,(H,35,39)(H,36,37)/b14-12+,28-15?/t21-,22+,29?. The second-order valence-electron chi connectivity index (χ2n) is 10.8. The number of amides is 1. The predicted molar refractivity (Wildman–Crippen MR) is 157 cm³/mol. The number of ether oxygens (including phenoxy) is 1. The maximum Gasteiger partial charge on any atom is 0.247 e. The summed E-state index contributed by atoms with van der Waals surface area (Å²) in [5, 5.41) is 11.5. The molecule has 6 rings (SSSR count). The molecule has 1 unspecified atom stereocenters. The highest BCUT2D eigenvalue weighted by Gasteiger charge is 2.31. The minimum Gasteiger partial charge on any atom is -0.373 e. The van der Waals surface area contributed by atoms with Crippen molar-refractivity contribution >= 4 is 35.0 Å². The molecule has 0 spiro atoms. The second kappa shape index (κ2) is 11.2. The Bertz CT molecular complexity index is 1580. The number of fused-ring (bicyclic) bond motifs is 1. The number of nitrogens with zero attached hydrogens (tertiary/aromatic N) is 2. The van der Waals surface area contributed by atoms with Crippen molar-refractivity contribution in [3.05, 3.63) is 106 Å². The Morgan fingerprint density at radius 1 is 1.00 bits per heavy atom. The van der Waals surface area contributed by atoms with Gasteiger partial charge in [0.05, 0.1) is 23.4 Å². The van der Waals surface area contributed by atoms with E-state index in [1.54, 1.807) is 18.2 Å². The topological polar surface area (TPSA) is 70.2 Å². The van der Waals surface area contributed by atoms with Crippen molar-refractivity contribution in [3.8, 4) is 0 Å². The molecule has 4 aromatic rings. The maximum absolute atomic E-state index is 14.4. The number of aromatic amines is 1. The first kappa shape index (κ1) is 26.2.